The minimum Gasteiger partial charge on any atom is -0.511 e. The summed E-state index contributed by atoms with van der Waals surface area (Å²) in [4.78, 5) is 20.3. The van der Waals surface area contributed by atoms with Crippen molar-refractivity contribution in [2.24, 2.45) is 15.3 Å². The number of amidine groups is 1. The first-order chi connectivity index (χ1) is 14.8. The van der Waals surface area contributed by atoms with E-state index in [1.54, 1.807) is 41.3 Å². The summed E-state index contributed by atoms with van der Waals surface area (Å²) >= 11 is 0. The Kier molecular flexibility index (Phi) is 4.69. The molecule has 3 unspecified atom stereocenters. The molecule has 1 N–H and O–H groups in total. The number of amides is 1. The monoisotopic (exact) mass is 439 g/mol. The Balaban J connectivity index is 1.60. The summed E-state index contributed by atoms with van der Waals surface area (Å²) in [6, 6.07) is 12.9. The highest BCUT2D eigenvalue weighted by Crippen LogP contribution is 2.42. The number of carbonyl (C=O) groups excluding carboxylic acids is 1. The topological polar surface area (TPSA) is 82.3 Å². The lowest BCUT2D eigenvalue weighted by atomic mass is 9.90. The molecule has 0 spiro atoms. The zero-order valence-corrected chi connectivity index (χ0v) is 17.8. The fraction of sp³-hybridized carbons (Fsp3) is 0.304. The van der Waals surface area contributed by atoms with Gasteiger partial charge in [0, 0.05) is 24.8 Å². The van der Waals surface area contributed by atoms with Gasteiger partial charge >= 0.3 is 0 Å². The largest absolute Gasteiger partial charge is 0.511 e. The van der Waals surface area contributed by atoms with Crippen molar-refractivity contribution >= 4 is 27.2 Å². The van der Waals surface area contributed by atoms with Crippen LogP contribution >= 0.6 is 0 Å². The second kappa shape index (κ2) is 7.30. The van der Waals surface area contributed by atoms with Crippen LogP contribution in [0.1, 0.15) is 24.8 Å². The fourth-order valence-electron chi connectivity index (χ4n) is 4.73. The van der Waals surface area contributed by atoms with Gasteiger partial charge in [0.05, 0.1) is 20.3 Å². The Morgan fingerprint density at radius 1 is 1.16 bits per heavy atom. The quantitative estimate of drug-likeness (QED) is 0.772. The molecule has 1 saturated carbocycles. The minimum absolute atomic E-state index is 0.0139. The molecule has 0 radical (unpaired) electrons. The van der Waals surface area contributed by atoms with E-state index < -0.39 is 9.73 Å². The first-order valence-electron chi connectivity index (χ1n) is 10.2. The smallest absolute Gasteiger partial charge is 0.261 e. The van der Waals surface area contributed by atoms with Crippen molar-refractivity contribution in [3.05, 3.63) is 71.2 Å². The molecule has 1 fully saturated rings. The average Bonchev–Trinajstić information content (AvgIpc) is 3.22. The predicted octanol–water partition coefficient (Wildman–Crippen LogP) is 4.35. The molecule has 0 saturated heterocycles. The molecule has 2 heterocycles. The number of aliphatic hydroxyl groups is 1. The molecule has 2 aromatic carbocycles. The number of hydrogen-bond donors (Lipinski definition) is 1. The summed E-state index contributed by atoms with van der Waals surface area (Å²) in [6.45, 7) is 0.294. The van der Waals surface area contributed by atoms with E-state index in [1.807, 2.05) is 0 Å². The number of aliphatic hydroxyl groups excluding tert-OH is 1. The van der Waals surface area contributed by atoms with Crippen LogP contribution in [0.25, 0.3) is 0 Å². The molecular formula is C23H22FN3O3S. The summed E-state index contributed by atoms with van der Waals surface area (Å²) in [5.74, 6) is -0.932. The normalized spacial score (nSPS) is 27.5. The fourth-order valence-corrected chi connectivity index (χ4v) is 6.12. The van der Waals surface area contributed by atoms with Gasteiger partial charge < -0.3 is 10.0 Å². The first-order valence-corrected chi connectivity index (χ1v) is 12.2. The van der Waals surface area contributed by atoms with E-state index in [2.05, 4.69) is 9.36 Å². The van der Waals surface area contributed by atoms with Crippen LogP contribution in [-0.4, -0.2) is 38.3 Å². The SMILES string of the molecule is CS1(=O)=NC(C2=C(O)C3CCCC3N(Cc3ccc(F)cc3)C2=O)=Nc2ccccc21. The minimum atomic E-state index is -2.80. The molecule has 8 heteroatoms. The standard InChI is InChI=1S/C23H22FN3O3S/c1-31(30)19-8-3-2-6-17(19)25-22(26-31)20-21(28)16-5-4-7-18(16)27(23(20)29)13-14-9-11-15(24)12-10-14/h2-3,6,8-12,16,18,28H,4-5,7,13H2,1H3. The molecule has 0 aromatic heterocycles. The van der Waals surface area contributed by atoms with E-state index in [4.69, 9.17) is 0 Å². The van der Waals surface area contributed by atoms with Crippen LogP contribution in [0, 0.1) is 11.7 Å². The Bertz CT molecular complexity index is 1260. The van der Waals surface area contributed by atoms with Crippen molar-refractivity contribution in [2.75, 3.05) is 6.26 Å². The molecular weight excluding hydrogens is 417 g/mol. The molecule has 31 heavy (non-hydrogen) atoms. The van der Waals surface area contributed by atoms with Gasteiger partial charge in [0.25, 0.3) is 5.91 Å². The lowest BCUT2D eigenvalue weighted by Gasteiger charge is -2.38. The van der Waals surface area contributed by atoms with Crippen LogP contribution in [0.2, 0.25) is 0 Å². The highest BCUT2D eigenvalue weighted by molar-refractivity contribution is 7.93. The van der Waals surface area contributed by atoms with Crippen molar-refractivity contribution in [1.29, 1.82) is 0 Å². The van der Waals surface area contributed by atoms with Crippen molar-refractivity contribution in [3.63, 3.8) is 0 Å². The number of hydrogen-bond acceptors (Lipinski definition) is 5. The molecule has 160 valence electrons. The molecule has 2 aliphatic heterocycles. The van der Waals surface area contributed by atoms with Gasteiger partial charge in [0.15, 0.2) is 5.84 Å². The summed E-state index contributed by atoms with van der Waals surface area (Å²) in [5.41, 5.74) is 1.31. The molecule has 5 rings (SSSR count). The van der Waals surface area contributed by atoms with Gasteiger partial charge in [0.2, 0.25) is 0 Å². The van der Waals surface area contributed by atoms with Crippen LogP contribution in [-0.2, 0) is 21.1 Å². The molecule has 3 atom stereocenters. The van der Waals surface area contributed by atoms with Crippen LogP contribution in [0.15, 0.2) is 74.1 Å². The maximum atomic E-state index is 13.6. The summed E-state index contributed by atoms with van der Waals surface area (Å²) < 4.78 is 30.9. The number of nitrogens with zero attached hydrogens (tertiary/aromatic N) is 3. The number of para-hydroxylation sites is 1. The van der Waals surface area contributed by atoms with Gasteiger partial charge in [-0.05, 0) is 42.7 Å². The lowest BCUT2D eigenvalue weighted by Crippen LogP contribution is -2.48. The first kappa shape index (κ1) is 19.9. The molecule has 3 aliphatic rings. The number of fused-ring (bicyclic) bond motifs is 2. The van der Waals surface area contributed by atoms with E-state index in [9.17, 15) is 18.5 Å². The van der Waals surface area contributed by atoms with Gasteiger partial charge in [-0.3, -0.25) is 4.79 Å². The van der Waals surface area contributed by atoms with Crippen molar-refractivity contribution in [3.8, 4) is 0 Å². The van der Waals surface area contributed by atoms with E-state index in [0.717, 1.165) is 24.8 Å². The Morgan fingerprint density at radius 3 is 2.68 bits per heavy atom. The predicted molar refractivity (Wildman–Crippen MR) is 116 cm³/mol. The van der Waals surface area contributed by atoms with Crippen LogP contribution in [0.5, 0.6) is 0 Å². The summed E-state index contributed by atoms with van der Waals surface area (Å²) in [7, 11) is -2.80. The second-order valence-electron chi connectivity index (χ2n) is 8.22. The maximum Gasteiger partial charge on any atom is 0.261 e. The van der Waals surface area contributed by atoms with Gasteiger partial charge in [0.1, 0.15) is 17.1 Å². The second-order valence-corrected chi connectivity index (χ2v) is 10.4. The average molecular weight is 440 g/mol. The molecule has 6 nitrogen and oxygen atoms in total. The molecule has 0 bridgehead atoms. The van der Waals surface area contributed by atoms with Gasteiger partial charge in [-0.15, -0.1) is 0 Å². The van der Waals surface area contributed by atoms with Gasteiger partial charge in [-0.25, -0.2) is 13.6 Å². The van der Waals surface area contributed by atoms with E-state index in [-0.39, 0.29) is 40.9 Å². The third kappa shape index (κ3) is 3.35. The van der Waals surface area contributed by atoms with Crippen LogP contribution < -0.4 is 0 Å². The van der Waals surface area contributed by atoms with E-state index in [1.165, 1.54) is 18.4 Å². The molecule has 1 aliphatic carbocycles. The third-order valence-electron chi connectivity index (χ3n) is 6.21. The third-order valence-corrected chi connectivity index (χ3v) is 7.89. The van der Waals surface area contributed by atoms with Gasteiger partial charge in [-0.2, -0.15) is 4.36 Å². The summed E-state index contributed by atoms with van der Waals surface area (Å²) in [5, 5.41) is 11.0. The number of halogens is 1. The highest BCUT2D eigenvalue weighted by Gasteiger charge is 2.46. The zero-order chi connectivity index (χ0) is 21.8. The van der Waals surface area contributed by atoms with Crippen LogP contribution in [0.4, 0.5) is 10.1 Å². The Hall–Kier alpha value is -3.00. The van der Waals surface area contributed by atoms with Crippen molar-refractivity contribution in [2.45, 2.75) is 36.7 Å². The van der Waals surface area contributed by atoms with Crippen molar-refractivity contribution < 1.29 is 18.5 Å². The summed E-state index contributed by atoms with van der Waals surface area (Å²) in [6.07, 6.45) is 3.93. The number of aliphatic imine (C=N–C) groups is 1. The van der Waals surface area contributed by atoms with Crippen LogP contribution in [0.3, 0.4) is 0 Å². The lowest BCUT2D eigenvalue weighted by molar-refractivity contribution is -0.132. The Morgan fingerprint density at radius 2 is 1.90 bits per heavy atom. The Labute approximate surface area is 180 Å². The molecule has 2 aromatic rings. The van der Waals surface area contributed by atoms with E-state index in [0.29, 0.717) is 17.1 Å². The van der Waals surface area contributed by atoms with E-state index >= 15 is 0 Å². The van der Waals surface area contributed by atoms with Gasteiger partial charge in [-0.1, -0.05) is 30.7 Å². The number of benzene rings is 2. The molecule has 1 amide bonds. The maximum absolute atomic E-state index is 13.6. The number of rotatable bonds is 3. The number of carbonyl (C=O) groups is 1. The zero-order valence-electron chi connectivity index (χ0n) is 17.0. The highest BCUT2D eigenvalue weighted by atomic mass is 32.2. The van der Waals surface area contributed by atoms with Crippen molar-refractivity contribution in [1.82, 2.24) is 4.90 Å².